The van der Waals surface area contributed by atoms with Gasteiger partial charge in [0.2, 0.25) is 0 Å². The molecular formula is C10H16F3N. The summed E-state index contributed by atoms with van der Waals surface area (Å²) in [5.74, 6) is 0.384. The molecule has 82 valence electrons. The van der Waals surface area contributed by atoms with Gasteiger partial charge in [-0.3, -0.25) is 4.99 Å². The van der Waals surface area contributed by atoms with Crippen LogP contribution in [0.4, 0.5) is 13.2 Å². The molecule has 0 aliphatic heterocycles. The Kier molecular flexibility index (Phi) is 5.50. The van der Waals surface area contributed by atoms with Crippen molar-refractivity contribution >= 4 is 6.21 Å². The minimum absolute atomic E-state index is 0.0502. The van der Waals surface area contributed by atoms with Crippen molar-refractivity contribution in [2.75, 3.05) is 0 Å². The summed E-state index contributed by atoms with van der Waals surface area (Å²) in [6.07, 6.45) is -2.01. The summed E-state index contributed by atoms with van der Waals surface area (Å²) < 4.78 is 35.1. The number of rotatable bonds is 4. The van der Waals surface area contributed by atoms with Crippen LogP contribution < -0.4 is 0 Å². The van der Waals surface area contributed by atoms with Crippen LogP contribution in [0.1, 0.15) is 33.6 Å². The van der Waals surface area contributed by atoms with Crippen LogP contribution in [0.25, 0.3) is 0 Å². The van der Waals surface area contributed by atoms with Crippen LogP contribution >= 0.6 is 0 Å². The molecule has 0 rings (SSSR count). The molecule has 4 heteroatoms. The van der Waals surface area contributed by atoms with Crippen molar-refractivity contribution in [3.05, 3.63) is 11.8 Å². The van der Waals surface area contributed by atoms with Crippen molar-refractivity contribution in [3.8, 4) is 0 Å². The number of alkyl halides is 3. The van der Waals surface area contributed by atoms with E-state index in [1.807, 2.05) is 20.8 Å². The topological polar surface area (TPSA) is 12.4 Å². The molecule has 0 aromatic carbocycles. The monoisotopic (exact) mass is 207 g/mol. The van der Waals surface area contributed by atoms with Crippen molar-refractivity contribution in [1.29, 1.82) is 0 Å². The maximum absolute atomic E-state index is 11.7. The largest absolute Gasteiger partial charge is 0.389 e. The third-order valence-electron chi connectivity index (χ3n) is 1.85. The van der Waals surface area contributed by atoms with E-state index in [4.69, 9.17) is 0 Å². The Balaban J connectivity index is 3.81. The lowest BCUT2D eigenvalue weighted by molar-refractivity contribution is -0.132. The van der Waals surface area contributed by atoms with Gasteiger partial charge in [0.1, 0.15) is 0 Å². The molecule has 0 aliphatic rings. The van der Waals surface area contributed by atoms with Crippen molar-refractivity contribution in [2.24, 2.45) is 10.9 Å². The number of hydrogen-bond donors (Lipinski definition) is 0. The quantitative estimate of drug-likeness (QED) is 0.619. The zero-order chi connectivity index (χ0) is 11.2. The van der Waals surface area contributed by atoms with E-state index in [0.29, 0.717) is 5.92 Å². The summed E-state index contributed by atoms with van der Waals surface area (Å²) >= 11 is 0. The van der Waals surface area contributed by atoms with Gasteiger partial charge in [0.05, 0.1) is 0 Å². The number of allylic oxidation sites excluding steroid dienone is 1. The lowest BCUT2D eigenvalue weighted by atomic mass is 10.1. The van der Waals surface area contributed by atoms with Crippen molar-refractivity contribution < 1.29 is 13.2 Å². The smallest absolute Gasteiger partial charge is 0.269 e. The molecule has 0 saturated carbocycles. The Morgan fingerprint density at radius 1 is 1.36 bits per heavy atom. The Labute approximate surface area is 82.7 Å². The van der Waals surface area contributed by atoms with E-state index in [-0.39, 0.29) is 6.42 Å². The van der Waals surface area contributed by atoms with Crippen molar-refractivity contribution in [1.82, 2.24) is 0 Å². The van der Waals surface area contributed by atoms with Gasteiger partial charge >= 0.3 is 6.18 Å². The van der Waals surface area contributed by atoms with Crippen LogP contribution in [0.15, 0.2) is 16.8 Å². The highest BCUT2D eigenvalue weighted by Gasteiger charge is 2.25. The molecule has 0 atom stereocenters. The first kappa shape index (κ1) is 13.2. The summed E-state index contributed by atoms with van der Waals surface area (Å²) in [4.78, 5) is 3.81. The first-order chi connectivity index (χ1) is 6.33. The number of aliphatic imine (C=N–C) groups is 1. The Bertz CT molecular complexity index is 214. The highest BCUT2D eigenvalue weighted by molar-refractivity contribution is 5.58. The lowest BCUT2D eigenvalue weighted by Crippen LogP contribution is -2.06. The predicted octanol–water partition coefficient (Wildman–Crippen LogP) is 3.96. The summed E-state index contributed by atoms with van der Waals surface area (Å²) in [6, 6.07) is 0. The third kappa shape index (κ3) is 7.83. The molecule has 0 unspecified atom stereocenters. The average Bonchev–Trinajstić information content (AvgIpc) is 2.01. The molecule has 14 heavy (non-hydrogen) atoms. The van der Waals surface area contributed by atoms with E-state index in [1.54, 1.807) is 6.20 Å². The highest BCUT2D eigenvalue weighted by Crippen LogP contribution is 2.20. The molecule has 0 aromatic rings. The van der Waals surface area contributed by atoms with E-state index < -0.39 is 12.6 Å². The molecule has 1 nitrogen and oxygen atoms in total. The van der Waals surface area contributed by atoms with E-state index in [0.717, 1.165) is 5.57 Å². The standard InChI is InChI=1S/C10H16F3N/c1-8(2)9(3)7-14-6-4-5-10(11,12)13/h6-8H,4-5H2,1-3H3/b9-7+,14-6?. The fourth-order valence-corrected chi connectivity index (χ4v) is 0.622. The van der Waals surface area contributed by atoms with Crippen LogP contribution in [0.2, 0.25) is 0 Å². The molecule has 0 fully saturated rings. The van der Waals surface area contributed by atoms with E-state index in [1.165, 1.54) is 6.21 Å². The first-order valence-corrected chi connectivity index (χ1v) is 4.58. The van der Waals surface area contributed by atoms with Crippen molar-refractivity contribution in [2.45, 2.75) is 39.8 Å². The molecule has 0 radical (unpaired) electrons. The van der Waals surface area contributed by atoms with Gasteiger partial charge in [0.15, 0.2) is 0 Å². The number of nitrogens with zero attached hydrogens (tertiary/aromatic N) is 1. The second-order valence-electron chi connectivity index (χ2n) is 3.51. The lowest BCUT2D eigenvalue weighted by Gasteiger charge is -2.02. The molecular weight excluding hydrogens is 191 g/mol. The molecule has 0 heterocycles. The SMILES string of the molecule is C/C(=C\N=CCCC(F)(F)F)C(C)C. The number of halogens is 3. The fraction of sp³-hybridized carbons (Fsp3) is 0.700. The van der Waals surface area contributed by atoms with Gasteiger partial charge in [0.25, 0.3) is 0 Å². The van der Waals surface area contributed by atoms with Gasteiger partial charge < -0.3 is 0 Å². The van der Waals surface area contributed by atoms with Crippen LogP contribution in [-0.4, -0.2) is 12.4 Å². The molecule has 0 aliphatic carbocycles. The van der Waals surface area contributed by atoms with Crippen LogP contribution in [0.5, 0.6) is 0 Å². The summed E-state index contributed by atoms with van der Waals surface area (Å²) in [5.41, 5.74) is 1.06. The minimum Gasteiger partial charge on any atom is -0.269 e. The normalized spacial score (nSPS) is 14.4. The highest BCUT2D eigenvalue weighted by atomic mass is 19.4. The summed E-state index contributed by atoms with van der Waals surface area (Å²) in [6.45, 7) is 5.93. The maximum atomic E-state index is 11.7. The zero-order valence-electron chi connectivity index (χ0n) is 8.73. The average molecular weight is 207 g/mol. The van der Waals surface area contributed by atoms with Gasteiger partial charge in [-0.15, -0.1) is 0 Å². The second kappa shape index (κ2) is 5.83. The maximum Gasteiger partial charge on any atom is 0.389 e. The molecule has 0 spiro atoms. The molecule has 0 saturated heterocycles. The Hall–Kier alpha value is -0.800. The summed E-state index contributed by atoms with van der Waals surface area (Å²) in [7, 11) is 0. The van der Waals surface area contributed by atoms with Gasteiger partial charge in [0, 0.05) is 18.8 Å². The molecule has 0 bridgehead atoms. The van der Waals surface area contributed by atoms with E-state index in [2.05, 4.69) is 4.99 Å². The zero-order valence-corrected chi connectivity index (χ0v) is 8.73. The summed E-state index contributed by atoms with van der Waals surface area (Å²) in [5, 5.41) is 0. The number of hydrogen-bond acceptors (Lipinski definition) is 1. The second-order valence-corrected chi connectivity index (χ2v) is 3.51. The Morgan fingerprint density at radius 2 is 1.93 bits per heavy atom. The van der Waals surface area contributed by atoms with Crippen LogP contribution in [0, 0.1) is 5.92 Å². The van der Waals surface area contributed by atoms with Crippen LogP contribution in [-0.2, 0) is 0 Å². The third-order valence-corrected chi connectivity index (χ3v) is 1.85. The van der Waals surface area contributed by atoms with Gasteiger partial charge in [-0.1, -0.05) is 19.4 Å². The van der Waals surface area contributed by atoms with Gasteiger partial charge in [-0.05, 0) is 19.3 Å². The van der Waals surface area contributed by atoms with Gasteiger partial charge in [-0.25, -0.2) is 0 Å². The fourth-order valence-electron chi connectivity index (χ4n) is 0.622. The van der Waals surface area contributed by atoms with Gasteiger partial charge in [-0.2, -0.15) is 13.2 Å². The molecule has 0 amide bonds. The Morgan fingerprint density at radius 3 is 2.36 bits per heavy atom. The minimum atomic E-state index is -4.08. The van der Waals surface area contributed by atoms with Crippen LogP contribution in [0.3, 0.4) is 0 Å². The van der Waals surface area contributed by atoms with E-state index in [9.17, 15) is 13.2 Å². The molecule has 0 N–H and O–H groups in total. The van der Waals surface area contributed by atoms with Crippen molar-refractivity contribution in [3.63, 3.8) is 0 Å². The predicted molar refractivity (Wildman–Crippen MR) is 52.4 cm³/mol. The molecule has 0 aromatic heterocycles. The van der Waals surface area contributed by atoms with E-state index >= 15 is 0 Å². The first-order valence-electron chi connectivity index (χ1n) is 4.58.